The van der Waals surface area contributed by atoms with Crippen LogP contribution in [0.15, 0.2) is 0 Å². The van der Waals surface area contributed by atoms with E-state index < -0.39 is 17.0 Å². The van der Waals surface area contributed by atoms with Crippen LogP contribution >= 0.6 is 0 Å². The average Bonchev–Trinajstić information content (AvgIpc) is 2.16. The summed E-state index contributed by atoms with van der Waals surface area (Å²) in [6.45, 7) is 1.39. The molecular weight excluding hydrogens is 208 g/mol. The number of ketones is 1. The second-order valence-electron chi connectivity index (χ2n) is 3.47. The van der Waals surface area contributed by atoms with Crippen LogP contribution in [-0.4, -0.2) is 20.1 Å². The third-order valence-electron chi connectivity index (χ3n) is 2.55. The fourth-order valence-corrected chi connectivity index (χ4v) is 1.90. The number of rotatable bonds is 4. The molecule has 6 heteroatoms. The van der Waals surface area contributed by atoms with Crippen LogP contribution in [0.3, 0.4) is 0 Å². The fraction of sp³-hybridized carbons (Fsp3) is 0.875. The topological polar surface area (TPSA) is 75.7 Å². The van der Waals surface area contributed by atoms with Crippen LogP contribution in [0.1, 0.15) is 39.0 Å². The molecular formula is C8H13O5S-. The second-order valence-corrected chi connectivity index (χ2v) is 4.01. The Labute approximate surface area is 85.2 Å². The van der Waals surface area contributed by atoms with E-state index in [1.807, 2.05) is 0 Å². The first-order chi connectivity index (χ1) is 6.57. The number of carbonyl (C=O) groups is 1. The highest BCUT2D eigenvalue weighted by molar-refractivity contribution is 7.73. The maximum absolute atomic E-state index is 11.3. The van der Waals surface area contributed by atoms with E-state index in [4.69, 9.17) is 4.89 Å². The van der Waals surface area contributed by atoms with Crippen molar-refractivity contribution in [2.24, 2.45) is 0 Å². The first kappa shape index (κ1) is 11.8. The lowest BCUT2D eigenvalue weighted by atomic mass is 9.82. The zero-order valence-corrected chi connectivity index (χ0v) is 8.80. The molecule has 1 atom stereocenters. The minimum Gasteiger partial charge on any atom is -0.748 e. The molecule has 14 heavy (non-hydrogen) atoms. The molecule has 0 radical (unpaired) electrons. The first-order valence-corrected chi connectivity index (χ1v) is 5.53. The van der Waals surface area contributed by atoms with Crippen LogP contribution in [0.5, 0.6) is 0 Å². The van der Waals surface area contributed by atoms with Gasteiger partial charge in [0.15, 0.2) is 11.4 Å². The standard InChI is InChI=1S/C8H14O5S/c1-7(9)8(12-13-14(10)11)5-3-2-4-6-8/h2-6H2,1H3,(H,10,11)/p-1. The summed E-state index contributed by atoms with van der Waals surface area (Å²) in [6, 6.07) is 0. The van der Waals surface area contributed by atoms with Gasteiger partial charge >= 0.3 is 0 Å². The van der Waals surface area contributed by atoms with Gasteiger partial charge in [0, 0.05) is 0 Å². The van der Waals surface area contributed by atoms with Gasteiger partial charge in [-0.1, -0.05) is 6.42 Å². The summed E-state index contributed by atoms with van der Waals surface area (Å²) in [7, 11) is 0. The summed E-state index contributed by atoms with van der Waals surface area (Å²) < 4.78 is 24.3. The van der Waals surface area contributed by atoms with Gasteiger partial charge in [0.25, 0.3) is 0 Å². The number of carbonyl (C=O) groups excluding carboxylic acids is 1. The molecule has 1 rings (SSSR count). The van der Waals surface area contributed by atoms with E-state index in [2.05, 4.69) is 4.33 Å². The first-order valence-electron chi connectivity index (χ1n) is 4.53. The maximum atomic E-state index is 11.3. The molecule has 0 N–H and O–H groups in total. The van der Waals surface area contributed by atoms with Crippen molar-refractivity contribution in [3.63, 3.8) is 0 Å². The van der Waals surface area contributed by atoms with E-state index in [9.17, 15) is 13.6 Å². The summed E-state index contributed by atoms with van der Waals surface area (Å²) in [5.74, 6) is -0.178. The summed E-state index contributed by atoms with van der Waals surface area (Å²) in [4.78, 5) is 16.1. The molecule has 0 aromatic carbocycles. The van der Waals surface area contributed by atoms with Gasteiger partial charge in [-0.3, -0.25) is 4.79 Å². The summed E-state index contributed by atoms with van der Waals surface area (Å²) >= 11 is -2.73. The van der Waals surface area contributed by atoms with Crippen LogP contribution in [0.4, 0.5) is 0 Å². The normalized spacial score (nSPS) is 23.0. The van der Waals surface area contributed by atoms with Crippen molar-refractivity contribution in [2.45, 2.75) is 44.6 Å². The Morgan fingerprint density at radius 2 is 1.93 bits per heavy atom. The molecule has 0 saturated heterocycles. The SMILES string of the molecule is CC(=O)C1(OOS(=O)[O-])CCCCC1. The molecule has 82 valence electrons. The smallest absolute Gasteiger partial charge is 0.164 e. The van der Waals surface area contributed by atoms with Crippen LogP contribution in [-0.2, 0) is 25.4 Å². The molecule has 0 spiro atoms. The Bertz CT molecular complexity index is 234. The van der Waals surface area contributed by atoms with Gasteiger partial charge in [-0.25, -0.2) is 9.10 Å². The average molecular weight is 221 g/mol. The number of hydrogen-bond acceptors (Lipinski definition) is 5. The Morgan fingerprint density at radius 1 is 1.36 bits per heavy atom. The molecule has 0 heterocycles. The zero-order chi connectivity index (χ0) is 10.6. The molecule has 0 amide bonds. The minimum absolute atomic E-state index is 0.178. The highest BCUT2D eigenvalue weighted by Crippen LogP contribution is 2.32. The van der Waals surface area contributed by atoms with Crippen molar-refractivity contribution >= 4 is 17.1 Å². The maximum Gasteiger partial charge on any atom is 0.164 e. The van der Waals surface area contributed by atoms with E-state index in [1.54, 1.807) is 0 Å². The Hall–Kier alpha value is -0.300. The summed E-state index contributed by atoms with van der Waals surface area (Å²) in [6.07, 6.45) is 3.81. The van der Waals surface area contributed by atoms with Gasteiger partial charge in [-0.05, 0) is 32.6 Å². The van der Waals surface area contributed by atoms with Gasteiger partial charge in [-0.15, -0.1) is 4.33 Å². The predicted octanol–water partition coefficient (Wildman–Crippen LogP) is 1.02. The molecule has 1 unspecified atom stereocenters. The molecule has 1 saturated carbocycles. The lowest BCUT2D eigenvalue weighted by molar-refractivity contribution is -0.285. The molecule has 1 aliphatic carbocycles. The van der Waals surface area contributed by atoms with Crippen LogP contribution < -0.4 is 0 Å². The van der Waals surface area contributed by atoms with Crippen LogP contribution in [0.25, 0.3) is 0 Å². The monoisotopic (exact) mass is 221 g/mol. The fourth-order valence-electron chi connectivity index (χ4n) is 1.71. The Kier molecular flexibility index (Phi) is 4.18. The molecule has 1 fully saturated rings. The van der Waals surface area contributed by atoms with E-state index in [-0.39, 0.29) is 5.78 Å². The minimum atomic E-state index is -2.73. The molecule has 5 nitrogen and oxygen atoms in total. The highest BCUT2D eigenvalue weighted by atomic mass is 32.2. The largest absolute Gasteiger partial charge is 0.748 e. The van der Waals surface area contributed by atoms with Crippen molar-refractivity contribution in [2.75, 3.05) is 0 Å². The van der Waals surface area contributed by atoms with Crippen LogP contribution in [0.2, 0.25) is 0 Å². The van der Waals surface area contributed by atoms with Crippen molar-refractivity contribution < 1.29 is 22.8 Å². The van der Waals surface area contributed by atoms with E-state index in [0.717, 1.165) is 19.3 Å². The van der Waals surface area contributed by atoms with Gasteiger partial charge in [-0.2, -0.15) is 0 Å². The third-order valence-corrected chi connectivity index (χ3v) is 2.73. The Morgan fingerprint density at radius 3 is 2.36 bits per heavy atom. The van der Waals surface area contributed by atoms with Gasteiger partial charge in [0.05, 0.1) is 0 Å². The van der Waals surface area contributed by atoms with E-state index in [1.165, 1.54) is 6.92 Å². The molecule has 0 aromatic heterocycles. The van der Waals surface area contributed by atoms with E-state index >= 15 is 0 Å². The molecule has 0 bridgehead atoms. The molecule has 0 aliphatic heterocycles. The zero-order valence-electron chi connectivity index (χ0n) is 7.99. The second kappa shape index (κ2) is 4.97. The lowest BCUT2D eigenvalue weighted by Crippen LogP contribution is -2.42. The molecule has 0 aromatic rings. The Balaban J connectivity index is 2.60. The van der Waals surface area contributed by atoms with Crippen LogP contribution in [0, 0.1) is 0 Å². The number of Topliss-reactive ketones (excluding diaryl/α,β-unsaturated/α-hetero) is 1. The quantitative estimate of drug-likeness (QED) is 0.402. The van der Waals surface area contributed by atoms with Crippen molar-refractivity contribution in [1.82, 2.24) is 0 Å². The third kappa shape index (κ3) is 2.84. The van der Waals surface area contributed by atoms with Gasteiger partial charge in [0.2, 0.25) is 0 Å². The molecule has 1 aliphatic rings. The van der Waals surface area contributed by atoms with Gasteiger partial charge in [0.1, 0.15) is 11.4 Å². The van der Waals surface area contributed by atoms with E-state index in [0.29, 0.717) is 12.8 Å². The lowest BCUT2D eigenvalue weighted by Gasteiger charge is -2.32. The van der Waals surface area contributed by atoms with Gasteiger partial charge < -0.3 is 4.55 Å². The number of hydrogen-bond donors (Lipinski definition) is 0. The van der Waals surface area contributed by atoms with Crippen molar-refractivity contribution in [3.05, 3.63) is 0 Å². The van der Waals surface area contributed by atoms with Crippen molar-refractivity contribution in [1.29, 1.82) is 0 Å². The summed E-state index contributed by atoms with van der Waals surface area (Å²) in [5, 5.41) is 0. The predicted molar refractivity (Wildman–Crippen MR) is 47.6 cm³/mol. The summed E-state index contributed by atoms with van der Waals surface area (Å²) in [5.41, 5.74) is -1.04. The van der Waals surface area contributed by atoms with Crippen molar-refractivity contribution in [3.8, 4) is 0 Å². The highest BCUT2D eigenvalue weighted by Gasteiger charge is 2.39.